The molecule has 1 aliphatic rings. The van der Waals surface area contributed by atoms with Crippen molar-refractivity contribution in [2.24, 2.45) is 16.5 Å². The van der Waals surface area contributed by atoms with Crippen LogP contribution in [0.2, 0.25) is 0 Å². The first-order chi connectivity index (χ1) is 8.25. The molecule has 92 valence electrons. The molecule has 0 aliphatic heterocycles. The Morgan fingerprint density at radius 3 is 2.71 bits per heavy atom. The van der Waals surface area contributed by atoms with E-state index in [2.05, 4.69) is 17.1 Å². The summed E-state index contributed by atoms with van der Waals surface area (Å²) in [6.45, 7) is 1.01. The SMILES string of the molecule is NC(N)=NCCOc1ccc2c(c1)CCCC2. The van der Waals surface area contributed by atoms with Crippen molar-refractivity contribution in [2.75, 3.05) is 13.2 Å². The number of aryl methyl sites for hydroxylation is 2. The zero-order chi connectivity index (χ0) is 12.1. The highest BCUT2D eigenvalue weighted by Gasteiger charge is 2.09. The van der Waals surface area contributed by atoms with Crippen molar-refractivity contribution in [3.8, 4) is 5.75 Å². The van der Waals surface area contributed by atoms with Gasteiger partial charge in [0.15, 0.2) is 5.96 Å². The lowest BCUT2D eigenvalue weighted by Gasteiger charge is -2.16. The number of ether oxygens (including phenoxy) is 1. The molecule has 0 amide bonds. The minimum Gasteiger partial charge on any atom is -0.492 e. The van der Waals surface area contributed by atoms with Crippen LogP contribution in [-0.4, -0.2) is 19.1 Å². The molecule has 0 unspecified atom stereocenters. The maximum absolute atomic E-state index is 5.60. The number of nitrogens with two attached hydrogens (primary N) is 2. The van der Waals surface area contributed by atoms with Crippen LogP contribution in [0.25, 0.3) is 0 Å². The summed E-state index contributed by atoms with van der Waals surface area (Å²) in [6.07, 6.45) is 4.95. The van der Waals surface area contributed by atoms with Crippen LogP contribution in [0.3, 0.4) is 0 Å². The van der Waals surface area contributed by atoms with Gasteiger partial charge in [-0.3, -0.25) is 4.99 Å². The van der Waals surface area contributed by atoms with Gasteiger partial charge in [-0.25, -0.2) is 0 Å². The zero-order valence-corrected chi connectivity index (χ0v) is 9.98. The quantitative estimate of drug-likeness (QED) is 0.466. The van der Waals surface area contributed by atoms with E-state index in [1.54, 1.807) is 0 Å². The Labute approximate surface area is 102 Å². The fraction of sp³-hybridized carbons (Fsp3) is 0.462. The highest BCUT2D eigenvalue weighted by atomic mass is 16.5. The van der Waals surface area contributed by atoms with Crippen molar-refractivity contribution in [3.05, 3.63) is 29.3 Å². The van der Waals surface area contributed by atoms with Gasteiger partial charge in [-0.15, -0.1) is 0 Å². The lowest BCUT2D eigenvalue weighted by Crippen LogP contribution is -2.23. The predicted molar refractivity (Wildman–Crippen MR) is 69.3 cm³/mol. The topological polar surface area (TPSA) is 73.6 Å². The van der Waals surface area contributed by atoms with E-state index in [-0.39, 0.29) is 5.96 Å². The normalized spacial score (nSPS) is 13.9. The molecular formula is C13H19N3O. The predicted octanol–water partition coefficient (Wildman–Crippen LogP) is 1.22. The minimum absolute atomic E-state index is 0.110. The van der Waals surface area contributed by atoms with E-state index < -0.39 is 0 Å². The van der Waals surface area contributed by atoms with Gasteiger partial charge in [-0.1, -0.05) is 6.07 Å². The van der Waals surface area contributed by atoms with Crippen molar-refractivity contribution < 1.29 is 4.74 Å². The van der Waals surface area contributed by atoms with Crippen LogP contribution in [0.15, 0.2) is 23.2 Å². The molecule has 1 aromatic carbocycles. The second-order valence-electron chi connectivity index (χ2n) is 4.29. The average molecular weight is 233 g/mol. The fourth-order valence-corrected chi connectivity index (χ4v) is 2.14. The Morgan fingerprint density at radius 2 is 1.94 bits per heavy atom. The van der Waals surface area contributed by atoms with E-state index in [1.807, 2.05) is 6.07 Å². The van der Waals surface area contributed by atoms with Crippen molar-refractivity contribution >= 4 is 5.96 Å². The molecule has 17 heavy (non-hydrogen) atoms. The number of hydrogen-bond donors (Lipinski definition) is 2. The molecule has 0 atom stereocenters. The van der Waals surface area contributed by atoms with E-state index in [0.717, 1.165) is 5.75 Å². The summed E-state index contributed by atoms with van der Waals surface area (Å²) in [5, 5.41) is 0. The van der Waals surface area contributed by atoms with Gasteiger partial charge in [-0.05, 0) is 48.9 Å². The molecule has 4 N–H and O–H groups in total. The summed E-state index contributed by atoms with van der Waals surface area (Å²) in [4.78, 5) is 3.87. The summed E-state index contributed by atoms with van der Waals surface area (Å²) < 4.78 is 5.60. The van der Waals surface area contributed by atoms with Gasteiger partial charge < -0.3 is 16.2 Å². The van der Waals surface area contributed by atoms with Gasteiger partial charge in [0.1, 0.15) is 12.4 Å². The van der Waals surface area contributed by atoms with Crippen LogP contribution in [0.1, 0.15) is 24.0 Å². The molecule has 2 rings (SSSR count). The molecule has 1 aromatic rings. The molecule has 0 saturated heterocycles. The first-order valence-corrected chi connectivity index (χ1v) is 6.06. The average Bonchev–Trinajstić information content (AvgIpc) is 2.34. The number of fused-ring (bicyclic) bond motifs is 1. The molecule has 0 radical (unpaired) electrons. The minimum atomic E-state index is 0.110. The van der Waals surface area contributed by atoms with Crippen molar-refractivity contribution in [1.82, 2.24) is 0 Å². The molecule has 0 aromatic heterocycles. The number of hydrogen-bond acceptors (Lipinski definition) is 2. The largest absolute Gasteiger partial charge is 0.492 e. The number of aliphatic imine (C=N–C) groups is 1. The van der Waals surface area contributed by atoms with Crippen LogP contribution in [-0.2, 0) is 12.8 Å². The zero-order valence-electron chi connectivity index (χ0n) is 9.98. The summed E-state index contributed by atoms with van der Waals surface area (Å²) in [5.74, 6) is 1.02. The maximum atomic E-state index is 5.60. The molecule has 4 nitrogen and oxygen atoms in total. The molecule has 0 spiro atoms. The highest BCUT2D eigenvalue weighted by Crippen LogP contribution is 2.25. The number of rotatable bonds is 4. The monoisotopic (exact) mass is 233 g/mol. The van der Waals surface area contributed by atoms with Crippen LogP contribution in [0.5, 0.6) is 5.75 Å². The number of guanidine groups is 1. The van der Waals surface area contributed by atoms with Crippen LogP contribution in [0, 0.1) is 0 Å². The third-order valence-corrected chi connectivity index (χ3v) is 2.97. The first-order valence-electron chi connectivity index (χ1n) is 6.06. The van der Waals surface area contributed by atoms with E-state index in [4.69, 9.17) is 16.2 Å². The van der Waals surface area contributed by atoms with E-state index in [1.165, 1.54) is 36.8 Å². The molecule has 1 aliphatic carbocycles. The molecule has 0 heterocycles. The van der Waals surface area contributed by atoms with Gasteiger partial charge in [-0.2, -0.15) is 0 Å². The Hall–Kier alpha value is -1.71. The lowest BCUT2D eigenvalue weighted by molar-refractivity contribution is 0.328. The second-order valence-corrected chi connectivity index (χ2v) is 4.29. The third-order valence-electron chi connectivity index (χ3n) is 2.97. The van der Waals surface area contributed by atoms with Crippen molar-refractivity contribution in [1.29, 1.82) is 0 Å². The Bertz CT molecular complexity index is 411. The Balaban J connectivity index is 1.91. The van der Waals surface area contributed by atoms with Crippen molar-refractivity contribution in [2.45, 2.75) is 25.7 Å². The third kappa shape index (κ3) is 3.37. The molecule has 4 heteroatoms. The number of benzene rings is 1. The van der Waals surface area contributed by atoms with E-state index in [0.29, 0.717) is 13.2 Å². The maximum Gasteiger partial charge on any atom is 0.186 e. The molecule has 0 saturated carbocycles. The summed E-state index contributed by atoms with van der Waals surface area (Å²) in [7, 11) is 0. The Morgan fingerprint density at radius 1 is 1.18 bits per heavy atom. The second kappa shape index (κ2) is 5.57. The van der Waals surface area contributed by atoms with Gasteiger partial charge in [0.25, 0.3) is 0 Å². The van der Waals surface area contributed by atoms with Gasteiger partial charge in [0.05, 0.1) is 6.54 Å². The lowest BCUT2D eigenvalue weighted by atomic mass is 9.92. The summed E-state index contributed by atoms with van der Waals surface area (Å²) >= 11 is 0. The molecule has 0 fully saturated rings. The van der Waals surface area contributed by atoms with Crippen LogP contribution >= 0.6 is 0 Å². The molecular weight excluding hydrogens is 214 g/mol. The summed E-state index contributed by atoms with van der Waals surface area (Å²) in [5.41, 5.74) is 13.4. The standard InChI is InChI=1S/C13H19N3O/c14-13(15)16-7-8-17-12-6-5-10-3-1-2-4-11(10)9-12/h5-6,9H,1-4,7-8H2,(H4,14,15,16). The van der Waals surface area contributed by atoms with Gasteiger partial charge in [0, 0.05) is 0 Å². The van der Waals surface area contributed by atoms with Crippen LogP contribution < -0.4 is 16.2 Å². The van der Waals surface area contributed by atoms with E-state index >= 15 is 0 Å². The van der Waals surface area contributed by atoms with Crippen LogP contribution in [0.4, 0.5) is 0 Å². The Kier molecular flexibility index (Phi) is 3.85. The highest BCUT2D eigenvalue weighted by molar-refractivity contribution is 5.75. The van der Waals surface area contributed by atoms with Gasteiger partial charge in [0.2, 0.25) is 0 Å². The smallest absolute Gasteiger partial charge is 0.186 e. The van der Waals surface area contributed by atoms with Gasteiger partial charge >= 0.3 is 0 Å². The first kappa shape index (κ1) is 11.8. The molecule has 0 bridgehead atoms. The number of nitrogens with zero attached hydrogens (tertiary/aromatic N) is 1. The van der Waals surface area contributed by atoms with E-state index in [9.17, 15) is 0 Å². The fourth-order valence-electron chi connectivity index (χ4n) is 2.14. The van der Waals surface area contributed by atoms with Crippen molar-refractivity contribution in [3.63, 3.8) is 0 Å². The summed E-state index contributed by atoms with van der Waals surface area (Å²) in [6, 6.07) is 6.34.